The molecule has 34 heavy (non-hydrogen) atoms. The van der Waals surface area contributed by atoms with E-state index in [-0.39, 0.29) is 17.8 Å². The molecule has 0 bridgehead atoms. The number of ether oxygens (including phenoxy) is 2. The first-order chi connectivity index (χ1) is 16.1. The molecule has 0 saturated heterocycles. The van der Waals surface area contributed by atoms with Crippen LogP contribution in [0.5, 0.6) is 5.75 Å². The summed E-state index contributed by atoms with van der Waals surface area (Å²) in [6.45, 7) is 9.36. The summed E-state index contributed by atoms with van der Waals surface area (Å²) in [5, 5.41) is 19.3. The predicted octanol–water partition coefficient (Wildman–Crippen LogP) is 4.97. The second-order valence-corrected chi connectivity index (χ2v) is 9.59. The molecule has 2 unspecified atom stereocenters. The van der Waals surface area contributed by atoms with Crippen LogP contribution in [0.4, 0.5) is 22.0 Å². The van der Waals surface area contributed by atoms with E-state index in [4.69, 9.17) is 9.47 Å². The number of methoxy groups -OCH3 is 1. The Hall–Kier alpha value is -3.54. The summed E-state index contributed by atoms with van der Waals surface area (Å²) in [4.78, 5) is 21.2. The fourth-order valence-electron chi connectivity index (χ4n) is 4.21. The molecule has 0 aromatic carbocycles. The van der Waals surface area contributed by atoms with Crippen molar-refractivity contribution in [1.82, 2.24) is 15.3 Å². The zero-order valence-corrected chi connectivity index (χ0v) is 20.8. The first-order valence-corrected chi connectivity index (χ1v) is 11.5. The Morgan fingerprint density at radius 3 is 2.50 bits per heavy atom. The van der Waals surface area contributed by atoms with Gasteiger partial charge in [-0.25, -0.2) is 14.8 Å². The third-order valence-corrected chi connectivity index (χ3v) is 5.61. The number of carbonyl (C=O) groups excluding carboxylic acids is 1. The van der Waals surface area contributed by atoms with E-state index in [1.165, 1.54) is 0 Å². The van der Waals surface area contributed by atoms with Gasteiger partial charge < -0.3 is 25.4 Å². The molecule has 182 valence electrons. The highest BCUT2D eigenvalue weighted by Gasteiger charge is 2.28. The third kappa shape index (κ3) is 6.50. The molecule has 1 aliphatic rings. The molecule has 2 aromatic heterocycles. The lowest BCUT2D eigenvalue weighted by Crippen LogP contribution is -2.49. The highest BCUT2D eigenvalue weighted by Crippen LogP contribution is 2.29. The van der Waals surface area contributed by atoms with E-state index >= 15 is 0 Å². The van der Waals surface area contributed by atoms with Gasteiger partial charge in [0.1, 0.15) is 23.2 Å². The second kappa shape index (κ2) is 10.6. The van der Waals surface area contributed by atoms with Gasteiger partial charge in [-0.15, -0.1) is 0 Å². The summed E-state index contributed by atoms with van der Waals surface area (Å²) in [5.41, 5.74) is 2.72. The maximum atomic E-state index is 12.3. The van der Waals surface area contributed by atoms with Gasteiger partial charge >= 0.3 is 6.09 Å². The molecule has 3 N–H and O–H groups in total. The molecule has 1 fully saturated rings. The maximum absolute atomic E-state index is 12.3. The number of hydrogen-bond donors (Lipinski definition) is 3. The van der Waals surface area contributed by atoms with Crippen LogP contribution in [0.1, 0.15) is 63.4 Å². The number of amides is 1. The van der Waals surface area contributed by atoms with Gasteiger partial charge in [-0.3, -0.25) is 0 Å². The SMILES string of the molecule is COc1c(C)cc(Nc2cc(NC3CCCCC3NC(=O)OC(C)(C)C)cnc2C#N)nc1C. The fraction of sp³-hybridized carbons (Fsp3) is 0.520. The lowest BCUT2D eigenvalue weighted by Gasteiger charge is -2.34. The lowest BCUT2D eigenvalue weighted by molar-refractivity contribution is 0.0488. The molecule has 9 nitrogen and oxygen atoms in total. The van der Waals surface area contributed by atoms with Gasteiger partial charge in [0.2, 0.25) is 0 Å². The molecule has 9 heteroatoms. The van der Waals surface area contributed by atoms with Crippen LogP contribution in [-0.4, -0.2) is 40.9 Å². The maximum Gasteiger partial charge on any atom is 0.407 e. The van der Waals surface area contributed by atoms with Crippen molar-refractivity contribution in [3.63, 3.8) is 0 Å². The van der Waals surface area contributed by atoms with Crippen LogP contribution in [0, 0.1) is 25.2 Å². The molecule has 1 aliphatic carbocycles. The number of nitrogens with zero attached hydrogens (tertiary/aromatic N) is 3. The topological polar surface area (TPSA) is 121 Å². The van der Waals surface area contributed by atoms with Gasteiger partial charge in [-0.05, 0) is 65.2 Å². The summed E-state index contributed by atoms with van der Waals surface area (Å²) in [5.74, 6) is 1.34. The van der Waals surface area contributed by atoms with E-state index < -0.39 is 11.7 Å². The van der Waals surface area contributed by atoms with Crippen LogP contribution in [0.3, 0.4) is 0 Å². The predicted molar refractivity (Wildman–Crippen MR) is 132 cm³/mol. The van der Waals surface area contributed by atoms with Crippen LogP contribution >= 0.6 is 0 Å². The number of alkyl carbamates (subject to hydrolysis) is 1. The van der Waals surface area contributed by atoms with E-state index in [2.05, 4.69) is 32.0 Å². The van der Waals surface area contributed by atoms with Crippen molar-refractivity contribution in [2.24, 2.45) is 0 Å². The number of nitrogens with one attached hydrogen (secondary N) is 3. The van der Waals surface area contributed by atoms with Crippen LogP contribution in [0.15, 0.2) is 18.3 Å². The smallest absolute Gasteiger partial charge is 0.407 e. The van der Waals surface area contributed by atoms with E-state index in [1.807, 2.05) is 46.8 Å². The Labute approximate surface area is 201 Å². The molecular weight excluding hydrogens is 432 g/mol. The average molecular weight is 467 g/mol. The van der Waals surface area contributed by atoms with Gasteiger partial charge in [0.15, 0.2) is 5.69 Å². The first kappa shape index (κ1) is 25.1. The van der Waals surface area contributed by atoms with Gasteiger partial charge in [0.25, 0.3) is 0 Å². The molecule has 2 aromatic rings. The van der Waals surface area contributed by atoms with E-state index in [9.17, 15) is 10.1 Å². The van der Waals surface area contributed by atoms with E-state index in [0.717, 1.165) is 48.4 Å². The molecule has 1 saturated carbocycles. The van der Waals surface area contributed by atoms with Gasteiger partial charge in [0.05, 0.1) is 36.4 Å². The third-order valence-electron chi connectivity index (χ3n) is 5.61. The molecule has 2 heterocycles. The van der Waals surface area contributed by atoms with Crippen molar-refractivity contribution in [3.05, 3.63) is 35.3 Å². The number of aromatic nitrogens is 2. The molecule has 3 rings (SSSR count). The highest BCUT2D eigenvalue weighted by molar-refractivity contribution is 5.69. The molecule has 0 radical (unpaired) electrons. The van der Waals surface area contributed by atoms with Crippen LogP contribution < -0.4 is 20.7 Å². The number of rotatable bonds is 6. The molecule has 0 aliphatic heterocycles. The van der Waals surface area contributed by atoms with Crippen molar-refractivity contribution >= 4 is 23.3 Å². The summed E-state index contributed by atoms with van der Waals surface area (Å²) >= 11 is 0. The quantitative estimate of drug-likeness (QED) is 0.546. The number of nitriles is 1. The molecule has 2 atom stereocenters. The highest BCUT2D eigenvalue weighted by atomic mass is 16.6. The monoisotopic (exact) mass is 466 g/mol. The summed E-state index contributed by atoms with van der Waals surface area (Å²) < 4.78 is 10.8. The Morgan fingerprint density at radius 2 is 1.88 bits per heavy atom. The van der Waals surface area contributed by atoms with Crippen LogP contribution in [0.25, 0.3) is 0 Å². The van der Waals surface area contributed by atoms with Gasteiger partial charge in [-0.1, -0.05) is 12.8 Å². The Balaban J connectivity index is 1.78. The molecule has 0 spiro atoms. The van der Waals surface area contributed by atoms with Crippen molar-refractivity contribution < 1.29 is 14.3 Å². The summed E-state index contributed by atoms with van der Waals surface area (Å²) in [6, 6.07) is 5.80. The van der Waals surface area contributed by atoms with Crippen LogP contribution in [-0.2, 0) is 4.74 Å². The fourth-order valence-corrected chi connectivity index (χ4v) is 4.21. The summed E-state index contributed by atoms with van der Waals surface area (Å²) in [6.07, 6.45) is 5.09. The average Bonchev–Trinajstić information content (AvgIpc) is 2.74. The second-order valence-electron chi connectivity index (χ2n) is 9.59. The van der Waals surface area contributed by atoms with Crippen molar-refractivity contribution in [3.8, 4) is 11.8 Å². The zero-order chi connectivity index (χ0) is 24.9. The lowest BCUT2D eigenvalue weighted by atomic mass is 9.90. The van der Waals surface area contributed by atoms with Crippen molar-refractivity contribution in [1.29, 1.82) is 5.26 Å². The van der Waals surface area contributed by atoms with Crippen molar-refractivity contribution in [2.45, 2.75) is 78.0 Å². The molecule has 1 amide bonds. The Bertz CT molecular complexity index is 1050. The zero-order valence-electron chi connectivity index (χ0n) is 20.8. The number of pyridine rings is 2. The first-order valence-electron chi connectivity index (χ1n) is 11.5. The van der Waals surface area contributed by atoms with Crippen LogP contribution in [0.2, 0.25) is 0 Å². The minimum Gasteiger partial charge on any atom is -0.495 e. The largest absolute Gasteiger partial charge is 0.495 e. The number of anilines is 3. The van der Waals surface area contributed by atoms with Crippen molar-refractivity contribution in [2.75, 3.05) is 17.7 Å². The standard InChI is InChI=1S/C25H34N6O3/c1-15-11-22(28-16(2)23(15)33-6)30-20-12-17(14-27-21(20)13-26)29-18-9-7-8-10-19(18)31-24(32)34-25(3,4)5/h11-12,14,18-19,29H,7-10H2,1-6H3,(H,28,30)(H,31,32). The van der Waals surface area contributed by atoms with Gasteiger partial charge in [-0.2, -0.15) is 5.26 Å². The number of carbonyl (C=O) groups is 1. The molecular formula is C25H34N6O3. The normalized spacial score (nSPS) is 17.9. The minimum absolute atomic E-state index is 0.0208. The van der Waals surface area contributed by atoms with E-state index in [1.54, 1.807) is 13.3 Å². The van der Waals surface area contributed by atoms with E-state index in [0.29, 0.717) is 11.5 Å². The minimum atomic E-state index is -0.550. The number of hydrogen-bond acceptors (Lipinski definition) is 8. The number of aryl methyl sites for hydroxylation is 2. The summed E-state index contributed by atoms with van der Waals surface area (Å²) in [7, 11) is 1.62. The Kier molecular flexibility index (Phi) is 7.82. The Morgan fingerprint density at radius 1 is 1.18 bits per heavy atom. The van der Waals surface area contributed by atoms with Gasteiger partial charge in [0, 0.05) is 6.04 Å².